The third-order valence-corrected chi connectivity index (χ3v) is 3.35. The Morgan fingerprint density at radius 1 is 1.32 bits per heavy atom. The van der Waals surface area contributed by atoms with E-state index < -0.39 is 0 Å². The molecule has 2 N–H and O–H groups in total. The molecule has 1 aliphatic carbocycles. The van der Waals surface area contributed by atoms with Gasteiger partial charge in [0.2, 0.25) is 0 Å². The van der Waals surface area contributed by atoms with Crippen molar-refractivity contribution in [3.8, 4) is 5.75 Å². The fourth-order valence-electron chi connectivity index (χ4n) is 2.38. The summed E-state index contributed by atoms with van der Waals surface area (Å²) in [6.07, 6.45) is 5.89. The number of esters is 1. The minimum atomic E-state index is -0.353. The van der Waals surface area contributed by atoms with Crippen LogP contribution in [0.1, 0.15) is 49.4 Å². The van der Waals surface area contributed by atoms with E-state index in [1.54, 1.807) is 25.1 Å². The number of nitrogens with two attached hydrogens (primary N) is 1. The number of nitrogen functional groups attached to an aromatic ring is 1. The minimum Gasteiger partial charge on any atom is -0.489 e. The standard InChI is InChI=1S/C15H21NO3/c1-2-18-15(17)13-9-8-11(16)10-14(13)19-12-6-4-3-5-7-12/h8-10,12H,2-7,16H2,1H3. The highest BCUT2D eigenvalue weighted by molar-refractivity contribution is 5.93. The van der Waals surface area contributed by atoms with E-state index in [0.717, 1.165) is 12.8 Å². The Bertz CT molecular complexity index is 439. The van der Waals surface area contributed by atoms with Gasteiger partial charge in [0.1, 0.15) is 11.3 Å². The lowest BCUT2D eigenvalue weighted by Crippen LogP contribution is -2.21. The van der Waals surface area contributed by atoms with Crippen LogP contribution in [0.3, 0.4) is 0 Å². The summed E-state index contributed by atoms with van der Waals surface area (Å²) in [7, 11) is 0. The SMILES string of the molecule is CCOC(=O)c1ccc(N)cc1OC1CCCCC1. The molecule has 0 aliphatic heterocycles. The summed E-state index contributed by atoms with van der Waals surface area (Å²) < 4.78 is 11.0. The van der Waals surface area contributed by atoms with Crippen LogP contribution < -0.4 is 10.5 Å². The lowest BCUT2D eigenvalue weighted by atomic mass is 9.97. The van der Waals surface area contributed by atoms with Gasteiger partial charge in [0.25, 0.3) is 0 Å². The molecular weight excluding hydrogens is 242 g/mol. The van der Waals surface area contributed by atoms with E-state index in [9.17, 15) is 4.79 Å². The average molecular weight is 263 g/mol. The maximum Gasteiger partial charge on any atom is 0.341 e. The van der Waals surface area contributed by atoms with Crippen LogP contribution in [-0.4, -0.2) is 18.7 Å². The first-order chi connectivity index (χ1) is 9.20. The summed E-state index contributed by atoms with van der Waals surface area (Å²) in [6.45, 7) is 2.14. The summed E-state index contributed by atoms with van der Waals surface area (Å²) >= 11 is 0. The van der Waals surface area contributed by atoms with Gasteiger partial charge in [-0.2, -0.15) is 0 Å². The van der Waals surface area contributed by atoms with Gasteiger partial charge in [0.05, 0.1) is 12.7 Å². The van der Waals surface area contributed by atoms with Crippen LogP contribution in [0, 0.1) is 0 Å². The Labute approximate surface area is 113 Å². The van der Waals surface area contributed by atoms with Crippen molar-refractivity contribution in [1.82, 2.24) is 0 Å². The van der Waals surface area contributed by atoms with E-state index in [1.165, 1.54) is 19.3 Å². The molecule has 4 heteroatoms. The van der Waals surface area contributed by atoms with Crippen LogP contribution in [-0.2, 0) is 4.74 Å². The molecule has 0 atom stereocenters. The smallest absolute Gasteiger partial charge is 0.341 e. The van der Waals surface area contributed by atoms with E-state index in [-0.39, 0.29) is 12.1 Å². The molecule has 1 aliphatic rings. The Morgan fingerprint density at radius 3 is 2.74 bits per heavy atom. The summed E-state index contributed by atoms with van der Waals surface area (Å²) in [5.41, 5.74) is 6.83. The number of carbonyl (C=O) groups is 1. The number of rotatable bonds is 4. The van der Waals surface area contributed by atoms with E-state index in [4.69, 9.17) is 15.2 Å². The Hall–Kier alpha value is -1.71. The fraction of sp³-hybridized carbons (Fsp3) is 0.533. The zero-order valence-corrected chi connectivity index (χ0v) is 11.4. The highest BCUT2D eigenvalue weighted by Gasteiger charge is 2.19. The topological polar surface area (TPSA) is 61.5 Å². The molecule has 0 bridgehead atoms. The molecule has 4 nitrogen and oxygen atoms in total. The Balaban J connectivity index is 2.16. The normalized spacial score (nSPS) is 16.1. The second-order valence-electron chi connectivity index (χ2n) is 4.85. The van der Waals surface area contributed by atoms with Crippen molar-refractivity contribution in [2.45, 2.75) is 45.1 Å². The minimum absolute atomic E-state index is 0.184. The molecule has 0 saturated heterocycles. The van der Waals surface area contributed by atoms with Gasteiger partial charge in [-0.05, 0) is 44.7 Å². The zero-order chi connectivity index (χ0) is 13.7. The number of benzene rings is 1. The molecular formula is C15H21NO3. The Kier molecular flexibility index (Phi) is 4.66. The maximum absolute atomic E-state index is 11.9. The lowest BCUT2D eigenvalue weighted by Gasteiger charge is -2.24. The first-order valence-electron chi connectivity index (χ1n) is 6.94. The summed E-state index contributed by atoms with van der Waals surface area (Å²) in [5, 5.41) is 0. The molecule has 0 unspecified atom stereocenters. The van der Waals surface area contributed by atoms with Gasteiger partial charge < -0.3 is 15.2 Å². The number of hydrogen-bond donors (Lipinski definition) is 1. The zero-order valence-electron chi connectivity index (χ0n) is 11.4. The van der Waals surface area contributed by atoms with Gasteiger partial charge in [-0.1, -0.05) is 6.42 Å². The van der Waals surface area contributed by atoms with Crippen LogP contribution >= 0.6 is 0 Å². The van der Waals surface area contributed by atoms with Crippen molar-refractivity contribution in [3.63, 3.8) is 0 Å². The van der Waals surface area contributed by atoms with Crippen LogP contribution in [0.5, 0.6) is 5.75 Å². The average Bonchev–Trinajstić information content (AvgIpc) is 2.40. The molecule has 1 fully saturated rings. The third-order valence-electron chi connectivity index (χ3n) is 3.35. The molecule has 2 rings (SSSR count). The predicted octanol–water partition coefficient (Wildman–Crippen LogP) is 3.16. The summed E-state index contributed by atoms with van der Waals surface area (Å²) in [6, 6.07) is 5.08. The van der Waals surface area contributed by atoms with Crippen molar-refractivity contribution >= 4 is 11.7 Å². The fourth-order valence-corrected chi connectivity index (χ4v) is 2.38. The second kappa shape index (κ2) is 6.45. The van der Waals surface area contributed by atoms with Crippen molar-refractivity contribution < 1.29 is 14.3 Å². The Morgan fingerprint density at radius 2 is 2.05 bits per heavy atom. The van der Waals surface area contributed by atoms with Crippen molar-refractivity contribution in [3.05, 3.63) is 23.8 Å². The summed E-state index contributed by atoms with van der Waals surface area (Å²) in [4.78, 5) is 11.9. The van der Waals surface area contributed by atoms with Gasteiger partial charge >= 0.3 is 5.97 Å². The van der Waals surface area contributed by atoms with E-state index in [2.05, 4.69) is 0 Å². The number of anilines is 1. The van der Waals surface area contributed by atoms with E-state index >= 15 is 0 Å². The maximum atomic E-state index is 11.9. The number of hydrogen-bond acceptors (Lipinski definition) is 4. The molecule has 0 radical (unpaired) electrons. The van der Waals surface area contributed by atoms with Gasteiger partial charge in [-0.15, -0.1) is 0 Å². The molecule has 0 aromatic heterocycles. The monoisotopic (exact) mass is 263 g/mol. The van der Waals surface area contributed by atoms with E-state index in [0.29, 0.717) is 23.6 Å². The second-order valence-corrected chi connectivity index (χ2v) is 4.85. The van der Waals surface area contributed by atoms with Crippen molar-refractivity contribution in [2.75, 3.05) is 12.3 Å². The molecule has 104 valence electrons. The van der Waals surface area contributed by atoms with Crippen molar-refractivity contribution in [1.29, 1.82) is 0 Å². The first kappa shape index (κ1) is 13.7. The first-order valence-corrected chi connectivity index (χ1v) is 6.94. The number of carbonyl (C=O) groups excluding carboxylic acids is 1. The van der Waals surface area contributed by atoms with Crippen LogP contribution in [0.25, 0.3) is 0 Å². The molecule has 0 spiro atoms. The van der Waals surface area contributed by atoms with Gasteiger partial charge in [-0.25, -0.2) is 4.79 Å². The quantitative estimate of drug-likeness (QED) is 0.669. The molecule has 0 heterocycles. The van der Waals surface area contributed by atoms with Gasteiger partial charge in [0.15, 0.2) is 0 Å². The van der Waals surface area contributed by atoms with Gasteiger partial charge in [-0.3, -0.25) is 0 Å². The molecule has 1 aromatic rings. The third kappa shape index (κ3) is 3.63. The molecule has 1 saturated carbocycles. The van der Waals surface area contributed by atoms with Crippen LogP contribution in [0.15, 0.2) is 18.2 Å². The molecule has 0 amide bonds. The molecule has 19 heavy (non-hydrogen) atoms. The van der Waals surface area contributed by atoms with Crippen LogP contribution in [0.4, 0.5) is 5.69 Å². The highest BCUT2D eigenvalue weighted by atomic mass is 16.5. The lowest BCUT2D eigenvalue weighted by molar-refractivity contribution is 0.0516. The highest BCUT2D eigenvalue weighted by Crippen LogP contribution is 2.28. The van der Waals surface area contributed by atoms with Crippen LogP contribution in [0.2, 0.25) is 0 Å². The summed E-state index contributed by atoms with van der Waals surface area (Å²) in [5.74, 6) is 0.193. The van der Waals surface area contributed by atoms with Gasteiger partial charge in [0, 0.05) is 11.8 Å². The molecule has 1 aromatic carbocycles. The van der Waals surface area contributed by atoms with E-state index in [1.807, 2.05) is 0 Å². The predicted molar refractivity (Wildman–Crippen MR) is 74.3 cm³/mol. The largest absolute Gasteiger partial charge is 0.489 e. The van der Waals surface area contributed by atoms with Crippen molar-refractivity contribution in [2.24, 2.45) is 0 Å². The number of ether oxygens (including phenoxy) is 2.